The summed E-state index contributed by atoms with van der Waals surface area (Å²) >= 11 is 0. The fourth-order valence-corrected chi connectivity index (χ4v) is 4.41. The number of hydrogen-bond acceptors (Lipinski definition) is 5. The second-order valence-corrected chi connectivity index (χ2v) is 8.63. The summed E-state index contributed by atoms with van der Waals surface area (Å²) in [5, 5.41) is 3.12. The SMILES string of the molecule is CCCc1c(OCCCN2C(=O)CC(C)(c3ccccc3)C2=O)ccc2c(C(F)(F)F)noc12. The largest absolute Gasteiger partial charge is 0.493 e. The van der Waals surface area contributed by atoms with Crippen LogP contribution in [0.25, 0.3) is 11.0 Å². The third-order valence-corrected chi connectivity index (χ3v) is 6.19. The Kier molecular flexibility index (Phi) is 6.38. The van der Waals surface area contributed by atoms with E-state index < -0.39 is 17.3 Å². The Morgan fingerprint density at radius 1 is 1.15 bits per heavy atom. The smallest absolute Gasteiger partial charge is 0.437 e. The number of carbonyl (C=O) groups is 2. The number of aromatic nitrogens is 1. The van der Waals surface area contributed by atoms with Crippen LogP contribution in [-0.2, 0) is 27.6 Å². The summed E-state index contributed by atoms with van der Waals surface area (Å²) in [6.45, 7) is 4.06. The Labute approximate surface area is 194 Å². The van der Waals surface area contributed by atoms with Gasteiger partial charge in [0.15, 0.2) is 11.3 Å². The standard InChI is InChI=1S/C25H25F3N2O4/c1-3-8-17-19(12-11-18-21(17)34-29-22(18)25(26,27)28)33-14-7-13-30-20(31)15-24(2,23(30)32)16-9-5-4-6-10-16/h4-6,9-12H,3,7-8,13-15H2,1-2H3. The third kappa shape index (κ3) is 4.26. The number of hydrogen-bond donors (Lipinski definition) is 0. The van der Waals surface area contributed by atoms with Crippen molar-refractivity contribution in [2.24, 2.45) is 0 Å². The van der Waals surface area contributed by atoms with Gasteiger partial charge in [0, 0.05) is 18.5 Å². The molecule has 34 heavy (non-hydrogen) atoms. The van der Waals surface area contributed by atoms with Gasteiger partial charge in [-0.2, -0.15) is 13.2 Å². The van der Waals surface area contributed by atoms with Crippen LogP contribution in [-0.4, -0.2) is 35.0 Å². The lowest BCUT2D eigenvalue weighted by Crippen LogP contribution is -2.37. The lowest BCUT2D eigenvalue weighted by Gasteiger charge is -2.22. The van der Waals surface area contributed by atoms with Gasteiger partial charge in [0.1, 0.15) is 5.75 Å². The number of likely N-dealkylation sites (tertiary alicyclic amines) is 1. The van der Waals surface area contributed by atoms with Crippen LogP contribution in [0, 0.1) is 0 Å². The third-order valence-electron chi connectivity index (χ3n) is 6.19. The van der Waals surface area contributed by atoms with E-state index in [0.29, 0.717) is 30.6 Å². The summed E-state index contributed by atoms with van der Waals surface area (Å²) in [4.78, 5) is 26.8. The van der Waals surface area contributed by atoms with Crippen molar-refractivity contribution < 1.29 is 32.0 Å². The number of aryl methyl sites for hydroxylation is 1. The van der Waals surface area contributed by atoms with Crippen LogP contribution in [0.1, 0.15) is 49.9 Å². The van der Waals surface area contributed by atoms with E-state index >= 15 is 0 Å². The first kappa shape index (κ1) is 23.8. The number of alkyl halides is 3. The first-order valence-electron chi connectivity index (χ1n) is 11.2. The molecule has 1 fully saturated rings. The molecule has 0 spiro atoms. The monoisotopic (exact) mass is 474 g/mol. The number of benzene rings is 2. The van der Waals surface area contributed by atoms with Crippen LogP contribution < -0.4 is 4.74 Å². The molecule has 1 unspecified atom stereocenters. The number of amides is 2. The number of fused-ring (bicyclic) bond motifs is 1. The van der Waals surface area contributed by atoms with Crippen molar-refractivity contribution in [3.05, 3.63) is 59.3 Å². The van der Waals surface area contributed by atoms with Gasteiger partial charge in [0.05, 0.1) is 17.4 Å². The maximum Gasteiger partial charge on any atom is 0.437 e. The zero-order valence-corrected chi connectivity index (χ0v) is 18.9. The minimum Gasteiger partial charge on any atom is -0.493 e. The number of carbonyl (C=O) groups excluding carboxylic acids is 2. The van der Waals surface area contributed by atoms with Crippen molar-refractivity contribution in [1.82, 2.24) is 10.1 Å². The first-order valence-corrected chi connectivity index (χ1v) is 11.2. The quantitative estimate of drug-likeness (QED) is 0.328. The van der Waals surface area contributed by atoms with E-state index in [1.807, 2.05) is 37.3 Å². The Hall–Kier alpha value is -3.36. The van der Waals surface area contributed by atoms with Gasteiger partial charge in [0.25, 0.3) is 0 Å². The summed E-state index contributed by atoms with van der Waals surface area (Å²) in [5.41, 5.74) is -0.557. The molecule has 180 valence electrons. The molecule has 2 aromatic carbocycles. The molecule has 2 amide bonds. The Balaban J connectivity index is 1.44. The molecule has 3 aromatic rings. The molecule has 0 N–H and O–H groups in total. The average Bonchev–Trinajstić information content (AvgIpc) is 3.33. The van der Waals surface area contributed by atoms with Gasteiger partial charge in [0.2, 0.25) is 11.8 Å². The molecule has 1 aliphatic heterocycles. The van der Waals surface area contributed by atoms with E-state index in [4.69, 9.17) is 9.26 Å². The molecule has 0 bridgehead atoms. The summed E-state index contributed by atoms with van der Waals surface area (Å²) in [7, 11) is 0. The Morgan fingerprint density at radius 3 is 2.56 bits per heavy atom. The van der Waals surface area contributed by atoms with Gasteiger partial charge in [-0.15, -0.1) is 0 Å². The Morgan fingerprint density at radius 2 is 1.88 bits per heavy atom. The van der Waals surface area contributed by atoms with Gasteiger partial charge in [-0.3, -0.25) is 14.5 Å². The van der Waals surface area contributed by atoms with E-state index in [1.54, 1.807) is 6.92 Å². The van der Waals surface area contributed by atoms with Crippen molar-refractivity contribution in [2.75, 3.05) is 13.2 Å². The zero-order valence-electron chi connectivity index (χ0n) is 18.9. The average molecular weight is 474 g/mol. The van der Waals surface area contributed by atoms with Crippen LogP contribution in [0.4, 0.5) is 13.2 Å². The molecule has 1 aromatic heterocycles. The van der Waals surface area contributed by atoms with Gasteiger partial charge in [-0.25, -0.2) is 0 Å². The normalized spacial score (nSPS) is 18.8. The van der Waals surface area contributed by atoms with E-state index in [0.717, 1.165) is 5.56 Å². The second-order valence-electron chi connectivity index (χ2n) is 8.63. The van der Waals surface area contributed by atoms with Crippen molar-refractivity contribution in [3.63, 3.8) is 0 Å². The molecule has 0 aliphatic carbocycles. The van der Waals surface area contributed by atoms with E-state index in [2.05, 4.69) is 5.16 Å². The topological polar surface area (TPSA) is 72.6 Å². The molecular weight excluding hydrogens is 449 g/mol. The summed E-state index contributed by atoms with van der Waals surface area (Å²) in [6.07, 6.45) is -2.98. The fourth-order valence-electron chi connectivity index (χ4n) is 4.41. The molecule has 2 heterocycles. The number of ether oxygens (including phenoxy) is 1. The van der Waals surface area contributed by atoms with Crippen molar-refractivity contribution in [2.45, 2.75) is 51.1 Å². The predicted molar refractivity (Wildman–Crippen MR) is 118 cm³/mol. The van der Waals surface area contributed by atoms with Crippen LogP contribution in [0.5, 0.6) is 5.75 Å². The molecule has 6 nitrogen and oxygen atoms in total. The molecule has 1 atom stereocenters. The van der Waals surface area contributed by atoms with E-state index in [9.17, 15) is 22.8 Å². The Bertz CT molecular complexity index is 1210. The second kappa shape index (κ2) is 9.12. The van der Waals surface area contributed by atoms with Gasteiger partial charge < -0.3 is 9.26 Å². The predicted octanol–water partition coefficient (Wildman–Crippen LogP) is 5.28. The number of imide groups is 1. The van der Waals surface area contributed by atoms with Crippen molar-refractivity contribution in [1.29, 1.82) is 0 Å². The van der Waals surface area contributed by atoms with Crippen LogP contribution in [0.15, 0.2) is 47.0 Å². The van der Waals surface area contributed by atoms with Crippen molar-refractivity contribution in [3.8, 4) is 5.75 Å². The molecule has 4 rings (SSSR count). The minimum atomic E-state index is -4.61. The zero-order chi connectivity index (χ0) is 24.5. The minimum absolute atomic E-state index is 0.0650. The van der Waals surface area contributed by atoms with Crippen LogP contribution in [0.2, 0.25) is 0 Å². The molecular formula is C25H25F3N2O4. The number of halogens is 3. The highest BCUT2D eigenvalue weighted by Gasteiger charge is 2.48. The molecule has 0 radical (unpaired) electrons. The lowest BCUT2D eigenvalue weighted by atomic mass is 9.81. The molecule has 1 aliphatic rings. The summed E-state index contributed by atoms with van der Waals surface area (Å²) in [5.74, 6) is -0.0589. The summed E-state index contributed by atoms with van der Waals surface area (Å²) in [6, 6.07) is 12.0. The first-order chi connectivity index (χ1) is 16.2. The molecule has 0 saturated carbocycles. The van der Waals surface area contributed by atoms with Crippen molar-refractivity contribution >= 4 is 22.8 Å². The highest BCUT2D eigenvalue weighted by atomic mass is 19.4. The molecule has 1 saturated heterocycles. The highest BCUT2D eigenvalue weighted by molar-refractivity contribution is 6.08. The van der Waals surface area contributed by atoms with Crippen LogP contribution in [0.3, 0.4) is 0 Å². The van der Waals surface area contributed by atoms with Gasteiger partial charge in [-0.1, -0.05) is 48.8 Å². The number of rotatable bonds is 8. The maximum atomic E-state index is 13.2. The molecule has 9 heteroatoms. The lowest BCUT2D eigenvalue weighted by molar-refractivity contribution is -0.142. The summed E-state index contributed by atoms with van der Waals surface area (Å²) < 4.78 is 50.4. The fraction of sp³-hybridized carbons (Fsp3) is 0.400. The van der Waals surface area contributed by atoms with E-state index in [1.165, 1.54) is 17.0 Å². The van der Waals surface area contributed by atoms with E-state index in [-0.39, 0.29) is 42.4 Å². The van der Waals surface area contributed by atoms with Crippen LogP contribution >= 0.6 is 0 Å². The van der Waals surface area contributed by atoms with Gasteiger partial charge >= 0.3 is 6.18 Å². The van der Waals surface area contributed by atoms with Gasteiger partial charge in [-0.05, 0) is 37.5 Å². The number of nitrogens with zero attached hydrogens (tertiary/aromatic N) is 2. The maximum absolute atomic E-state index is 13.2. The highest BCUT2D eigenvalue weighted by Crippen LogP contribution is 2.39.